The molecule has 6 heteroatoms. The molecule has 2 aromatic carbocycles. The molecule has 28 heavy (non-hydrogen) atoms. The molecule has 2 atom stereocenters. The quantitative estimate of drug-likeness (QED) is 0.584. The highest BCUT2D eigenvalue weighted by atomic mass is 16.5. The van der Waals surface area contributed by atoms with Gasteiger partial charge in [-0.15, -0.1) is 0 Å². The molecule has 6 nitrogen and oxygen atoms in total. The summed E-state index contributed by atoms with van der Waals surface area (Å²) in [5, 5.41) is 8.01. The summed E-state index contributed by atoms with van der Waals surface area (Å²) in [6.07, 6.45) is 3.50. The molecule has 2 unspecified atom stereocenters. The predicted octanol–water partition coefficient (Wildman–Crippen LogP) is 4.12. The average molecular weight is 371 g/mol. The second-order valence-electron chi connectivity index (χ2n) is 7.00. The Morgan fingerprint density at radius 2 is 1.79 bits per heavy atom. The Morgan fingerprint density at radius 1 is 1.00 bits per heavy atom. The summed E-state index contributed by atoms with van der Waals surface area (Å²) in [6, 6.07) is 22.9. The van der Waals surface area contributed by atoms with Crippen LogP contribution in [0.1, 0.15) is 24.5 Å². The lowest BCUT2D eigenvalue weighted by Gasteiger charge is -2.31. The minimum Gasteiger partial charge on any atom is -0.373 e. The molecule has 1 N–H and O–H groups in total. The Balaban J connectivity index is 1.44. The van der Waals surface area contributed by atoms with Gasteiger partial charge >= 0.3 is 0 Å². The number of fused-ring (bicyclic) bond motifs is 1. The van der Waals surface area contributed by atoms with Crippen LogP contribution in [-0.2, 0) is 4.74 Å². The average Bonchev–Trinajstić information content (AvgIpc) is 3.24. The highest BCUT2D eigenvalue weighted by Crippen LogP contribution is 2.30. The van der Waals surface area contributed by atoms with Gasteiger partial charge < -0.3 is 10.1 Å². The lowest BCUT2D eigenvalue weighted by molar-refractivity contribution is 0.00972. The first-order chi connectivity index (χ1) is 13.9. The fraction of sp³-hybridized carbons (Fsp3) is 0.227. The van der Waals surface area contributed by atoms with E-state index in [2.05, 4.69) is 56.8 Å². The van der Waals surface area contributed by atoms with Crippen molar-refractivity contribution in [2.24, 2.45) is 0 Å². The van der Waals surface area contributed by atoms with Crippen LogP contribution in [-0.4, -0.2) is 32.2 Å². The van der Waals surface area contributed by atoms with E-state index in [0.717, 1.165) is 36.5 Å². The standard InChI is InChI=1S/C22H21N5O/c1-3-7-16(8-4-1)19-14-21(27-22(26-19)23-15-24-27)25-18-11-12-28-20(13-18)17-9-5-2-6-10-17/h1-10,14-15,18,20,25H,11-13H2. The van der Waals surface area contributed by atoms with E-state index < -0.39 is 0 Å². The minimum absolute atomic E-state index is 0.106. The molecule has 0 aliphatic carbocycles. The Hall–Kier alpha value is -3.25. The molecular formula is C22H21N5O. The molecule has 140 valence electrons. The maximum atomic E-state index is 6.01. The summed E-state index contributed by atoms with van der Waals surface area (Å²) < 4.78 is 7.77. The molecular weight excluding hydrogens is 350 g/mol. The zero-order valence-electron chi connectivity index (χ0n) is 15.4. The van der Waals surface area contributed by atoms with E-state index in [4.69, 9.17) is 4.74 Å². The van der Waals surface area contributed by atoms with Gasteiger partial charge in [-0.2, -0.15) is 14.6 Å². The highest BCUT2D eigenvalue weighted by molar-refractivity contribution is 5.65. The number of hydrogen-bond acceptors (Lipinski definition) is 5. The predicted molar refractivity (Wildman–Crippen MR) is 108 cm³/mol. The third-order valence-electron chi connectivity index (χ3n) is 5.13. The fourth-order valence-corrected chi connectivity index (χ4v) is 3.71. The molecule has 1 saturated heterocycles. The van der Waals surface area contributed by atoms with Crippen molar-refractivity contribution in [3.63, 3.8) is 0 Å². The molecule has 3 heterocycles. The minimum atomic E-state index is 0.106. The number of benzene rings is 2. The van der Waals surface area contributed by atoms with Crippen molar-refractivity contribution in [3.05, 3.63) is 78.6 Å². The molecule has 0 saturated carbocycles. The molecule has 0 spiro atoms. The van der Waals surface area contributed by atoms with Crippen LogP contribution in [0.4, 0.5) is 5.82 Å². The summed E-state index contributed by atoms with van der Waals surface area (Å²) in [7, 11) is 0. The summed E-state index contributed by atoms with van der Waals surface area (Å²) in [5.41, 5.74) is 3.17. The van der Waals surface area contributed by atoms with E-state index in [1.807, 2.05) is 30.3 Å². The lowest BCUT2D eigenvalue weighted by Crippen LogP contribution is -2.31. The van der Waals surface area contributed by atoms with Gasteiger partial charge in [-0.1, -0.05) is 60.7 Å². The van der Waals surface area contributed by atoms with Crippen LogP contribution in [0.5, 0.6) is 0 Å². The van der Waals surface area contributed by atoms with Crippen LogP contribution in [0.15, 0.2) is 73.1 Å². The highest BCUT2D eigenvalue weighted by Gasteiger charge is 2.24. The van der Waals surface area contributed by atoms with Crippen molar-refractivity contribution in [1.29, 1.82) is 0 Å². The molecule has 1 fully saturated rings. The monoisotopic (exact) mass is 371 g/mol. The third-order valence-corrected chi connectivity index (χ3v) is 5.13. The molecule has 0 bridgehead atoms. The van der Waals surface area contributed by atoms with Gasteiger partial charge in [0.25, 0.3) is 5.78 Å². The van der Waals surface area contributed by atoms with Gasteiger partial charge in [0.2, 0.25) is 0 Å². The zero-order chi connectivity index (χ0) is 18.8. The molecule has 1 aliphatic heterocycles. The summed E-state index contributed by atoms with van der Waals surface area (Å²) in [6.45, 7) is 0.731. The van der Waals surface area contributed by atoms with Gasteiger partial charge in [0.15, 0.2) is 0 Å². The van der Waals surface area contributed by atoms with Gasteiger partial charge in [-0.05, 0) is 18.4 Å². The van der Waals surface area contributed by atoms with Gasteiger partial charge in [0.05, 0.1) is 11.8 Å². The lowest BCUT2D eigenvalue weighted by atomic mass is 9.97. The first-order valence-electron chi connectivity index (χ1n) is 9.56. The van der Waals surface area contributed by atoms with Crippen LogP contribution in [0.3, 0.4) is 0 Å². The van der Waals surface area contributed by atoms with E-state index in [9.17, 15) is 0 Å². The Bertz CT molecular complexity index is 1060. The molecule has 0 amide bonds. The van der Waals surface area contributed by atoms with E-state index in [0.29, 0.717) is 5.78 Å². The largest absolute Gasteiger partial charge is 0.373 e. The van der Waals surface area contributed by atoms with Gasteiger partial charge in [-0.3, -0.25) is 0 Å². The van der Waals surface area contributed by atoms with Crippen molar-refractivity contribution in [1.82, 2.24) is 19.6 Å². The number of anilines is 1. The number of nitrogens with one attached hydrogen (secondary N) is 1. The normalized spacial score (nSPS) is 19.6. The van der Waals surface area contributed by atoms with Gasteiger partial charge in [0, 0.05) is 24.3 Å². The van der Waals surface area contributed by atoms with Gasteiger partial charge in [0.1, 0.15) is 12.1 Å². The molecule has 4 aromatic rings. The van der Waals surface area contributed by atoms with Crippen LogP contribution >= 0.6 is 0 Å². The van der Waals surface area contributed by atoms with Crippen molar-refractivity contribution < 1.29 is 4.74 Å². The summed E-state index contributed by atoms with van der Waals surface area (Å²) >= 11 is 0. The molecule has 1 aliphatic rings. The topological polar surface area (TPSA) is 64.3 Å². The van der Waals surface area contributed by atoms with Crippen molar-refractivity contribution in [2.75, 3.05) is 11.9 Å². The summed E-state index contributed by atoms with van der Waals surface area (Å²) in [4.78, 5) is 8.94. The van der Waals surface area contributed by atoms with E-state index in [1.54, 1.807) is 10.8 Å². The zero-order valence-corrected chi connectivity index (χ0v) is 15.4. The third kappa shape index (κ3) is 3.34. The van der Waals surface area contributed by atoms with Crippen molar-refractivity contribution in [3.8, 4) is 11.3 Å². The SMILES string of the molecule is c1ccc(-c2cc(NC3CCOC(c4ccccc4)C3)n3ncnc3n2)cc1. The van der Waals surface area contributed by atoms with Crippen LogP contribution in [0.2, 0.25) is 0 Å². The van der Waals surface area contributed by atoms with E-state index in [1.165, 1.54) is 5.56 Å². The Kier molecular flexibility index (Phi) is 4.47. The van der Waals surface area contributed by atoms with E-state index >= 15 is 0 Å². The van der Waals surface area contributed by atoms with Crippen molar-refractivity contribution in [2.45, 2.75) is 25.0 Å². The molecule has 0 radical (unpaired) electrons. The van der Waals surface area contributed by atoms with E-state index in [-0.39, 0.29) is 12.1 Å². The van der Waals surface area contributed by atoms with Crippen LogP contribution < -0.4 is 5.32 Å². The Morgan fingerprint density at radius 3 is 2.61 bits per heavy atom. The maximum Gasteiger partial charge on any atom is 0.254 e. The first kappa shape index (κ1) is 16.9. The van der Waals surface area contributed by atoms with Crippen LogP contribution in [0.25, 0.3) is 17.0 Å². The second-order valence-corrected chi connectivity index (χ2v) is 7.00. The number of rotatable bonds is 4. The van der Waals surface area contributed by atoms with Crippen LogP contribution in [0, 0.1) is 0 Å². The number of aromatic nitrogens is 4. The summed E-state index contributed by atoms with van der Waals surface area (Å²) in [5.74, 6) is 1.50. The van der Waals surface area contributed by atoms with Crippen molar-refractivity contribution >= 4 is 11.6 Å². The first-order valence-corrected chi connectivity index (χ1v) is 9.56. The molecule has 2 aromatic heterocycles. The maximum absolute atomic E-state index is 6.01. The molecule has 5 rings (SSSR count). The smallest absolute Gasteiger partial charge is 0.254 e. The van der Waals surface area contributed by atoms with Gasteiger partial charge in [-0.25, -0.2) is 4.98 Å². The fourth-order valence-electron chi connectivity index (χ4n) is 3.71. The Labute approximate surface area is 163 Å². The number of nitrogens with zero attached hydrogens (tertiary/aromatic N) is 4. The number of hydrogen-bond donors (Lipinski definition) is 1. The number of ether oxygens (including phenoxy) is 1. The second kappa shape index (κ2) is 7.40.